The number of epoxide rings is 1. The number of carbonyl (C=O) groups is 2. The Morgan fingerprint density at radius 3 is 2.61 bits per heavy atom. The van der Waals surface area contributed by atoms with Crippen molar-refractivity contribution >= 4 is 11.9 Å². The molecule has 0 spiro atoms. The summed E-state index contributed by atoms with van der Waals surface area (Å²) in [6.07, 6.45) is 2.85. The second kappa shape index (κ2) is 7.87. The highest BCUT2D eigenvalue weighted by atomic mass is 16.6. The molecule has 0 radical (unpaired) electrons. The average molecular weight is 256 g/mol. The van der Waals surface area contributed by atoms with Crippen molar-refractivity contribution < 1.29 is 23.8 Å². The Morgan fingerprint density at radius 1 is 1.28 bits per heavy atom. The fourth-order valence-corrected chi connectivity index (χ4v) is 1.26. The number of carbonyl (C=O) groups excluding carboxylic acids is 2. The van der Waals surface area contributed by atoms with Crippen molar-refractivity contribution in [2.75, 3.05) is 19.8 Å². The van der Waals surface area contributed by atoms with Crippen LogP contribution in [0.15, 0.2) is 12.2 Å². The molecule has 1 saturated heterocycles. The normalized spacial score (nSPS) is 17.1. The molecule has 1 atom stereocenters. The molecule has 102 valence electrons. The highest BCUT2D eigenvalue weighted by Gasteiger charge is 2.23. The number of ether oxygens (including phenoxy) is 3. The molecule has 0 aromatic rings. The summed E-state index contributed by atoms with van der Waals surface area (Å²) >= 11 is 0. The summed E-state index contributed by atoms with van der Waals surface area (Å²) in [4.78, 5) is 22.3. The SMILES string of the molecule is C=C(C)C(=O)OCCCCCC(=O)OCC1CO1. The summed E-state index contributed by atoms with van der Waals surface area (Å²) in [5, 5.41) is 0. The second-order valence-corrected chi connectivity index (χ2v) is 4.37. The van der Waals surface area contributed by atoms with Crippen LogP contribution in [0.25, 0.3) is 0 Å². The predicted molar refractivity (Wildman–Crippen MR) is 64.9 cm³/mol. The van der Waals surface area contributed by atoms with Gasteiger partial charge in [-0.25, -0.2) is 4.79 Å². The Morgan fingerprint density at radius 2 is 2.00 bits per heavy atom. The van der Waals surface area contributed by atoms with Gasteiger partial charge in [-0.3, -0.25) is 4.79 Å². The average Bonchev–Trinajstić information content (AvgIpc) is 3.14. The fourth-order valence-electron chi connectivity index (χ4n) is 1.26. The van der Waals surface area contributed by atoms with E-state index in [1.165, 1.54) is 0 Å². The lowest BCUT2D eigenvalue weighted by Gasteiger charge is -2.04. The maximum atomic E-state index is 11.2. The lowest BCUT2D eigenvalue weighted by atomic mass is 10.2. The highest BCUT2D eigenvalue weighted by Crippen LogP contribution is 2.10. The molecule has 5 heteroatoms. The van der Waals surface area contributed by atoms with Gasteiger partial charge in [0.2, 0.25) is 0 Å². The van der Waals surface area contributed by atoms with Gasteiger partial charge in [0.05, 0.1) is 13.2 Å². The molecule has 1 fully saturated rings. The topological polar surface area (TPSA) is 65.1 Å². The van der Waals surface area contributed by atoms with E-state index in [1.54, 1.807) is 6.92 Å². The van der Waals surface area contributed by atoms with Crippen LogP contribution in [-0.4, -0.2) is 37.9 Å². The fraction of sp³-hybridized carbons (Fsp3) is 0.692. The Balaban J connectivity index is 1.86. The first-order valence-corrected chi connectivity index (χ1v) is 6.19. The van der Waals surface area contributed by atoms with Gasteiger partial charge in [-0.1, -0.05) is 6.58 Å². The van der Waals surface area contributed by atoms with Crippen molar-refractivity contribution in [2.45, 2.75) is 38.7 Å². The summed E-state index contributed by atoms with van der Waals surface area (Å²) in [5.41, 5.74) is 0.404. The first-order chi connectivity index (χ1) is 8.59. The van der Waals surface area contributed by atoms with E-state index in [1.807, 2.05) is 0 Å². The maximum absolute atomic E-state index is 11.2. The summed E-state index contributed by atoms with van der Waals surface area (Å²) in [5.74, 6) is -0.553. The van der Waals surface area contributed by atoms with E-state index in [-0.39, 0.29) is 18.0 Å². The van der Waals surface area contributed by atoms with E-state index in [2.05, 4.69) is 6.58 Å². The molecule has 18 heavy (non-hydrogen) atoms. The molecule has 0 bridgehead atoms. The Hall–Kier alpha value is -1.36. The molecule has 0 saturated carbocycles. The first-order valence-electron chi connectivity index (χ1n) is 6.19. The van der Waals surface area contributed by atoms with Crippen LogP contribution in [0.1, 0.15) is 32.6 Å². The first kappa shape index (κ1) is 14.7. The zero-order chi connectivity index (χ0) is 13.4. The molecule has 1 rings (SSSR count). The summed E-state index contributed by atoms with van der Waals surface area (Å²) in [6, 6.07) is 0. The van der Waals surface area contributed by atoms with Crippen molar-refractivity contribution in [3.8, 4) is 0 Å². The van der Waals surface area contributed by atoms with Gasteiger partial charge in [0.1, 0.15) is 12.7 Å². The third-order valence-electron chi connectivity index (χ3n) is 2.44. The number of unbranched alkanes of at least 4 members (excludes halogenated alkanes) is 2. The quantitative estimate of drug-likeness (QED) is 0.271. The van der Waals surface area contributed by atoms with Gasteiger partial charge in [0, 0.05) is 12.0 Å². The molecule has 5 nitrogen and oxygen atoms in total. The van der Waals surface area contributed by atoms with E-state index in [9.17, 15) is 9.59 Å². The van der Waals surface area contributed by atoms with Gasteiger partial charge in [-0.15, -0.1) is 0 Å². The minimum atomic E-state index is -0.362. The minimum absolute atomic E-state index is 0.121. The van der Waals surface area contributed by atoms with Gasteiger partial charge in [0.25, 0.3) is 0 Å². The van der Waals surface area contributed by atoms with Gasteiger partial charge < -0.3 is 14.2 Å². The maximum Gasteiger partial charge on any atom is 0.333 e. The minimum Gasteiger partial charge on any atom is -0.463 e. The highest BCUT2D eigenvalue weighted by molar-refractivity contribution is 5.86. The summed E-state index contributed by atoms with van der Waals surface area (Å²) < 4.78 is 14.8. The van der Waals surface area contributed by atoms with E-state index in [0.717, 1.165) is 19.3 Å². The van der Waals surface area contributed by atoms with Crippen LogP contribution >= 0.6 is 0 Å². The molecule has 0 aromatic heterocycles. The monoisotopic (exact) mass is 256 g/mol. The largest absolute Gasteiger partial charge is 0.463 e. The lowest BCUT2D eigenvalue weighted by molar-refractivity contribution is -0.144. The zero-order valence-corrected chi connectivity index (χ0v) is 10.8. The number of esters is 2. The number of rotatable bonds is 9. The van der Waals surface area contributed by atoms with Crippen LogP contribution in [-0.2, 0) is 23.8 Å². The Bertz CT molecular complexity index is 307. The van der Waals surface area contributed by atoms with Gasteiger partial charge in [0.15, 0.2) is 0 Å². The molecule has 1 heterocycles. The molecule has 0 aliphatic carbocycles. The molecule has 1 unspecified atom stereocenters. The van der Waals surface area contributed by atoms with Crippen LogP contribution in [0.5, 0.6) is 0 Å². The van der Waals surface area contributed by atoms with Crippen molar-refractivity contribution in [2.24, 2.45) is 0 Å². The Kier molecular flexibility index (Phi) is 6.43. The lowest BCUT2D eigenvalue weighted by Crippen LogP contribution is -2.09. The predicted octanol–water partition coefficient (Wildman–Crippen LogP) is 1.61. The van der Waals surface area contributed by atoms with E-state index < -0.39 is 0 Å². The third-order valence-corrected chi connectivity index (χ3v) is 2.44. The molecule has 1 aliphatic heterocycles. The van der Waals surface area contributed by atoms with Crippen molar-refractivity contribution in [1.82, 2.24) is 0 Å². The van der Waals surface area contributed by atoms with Crippen LogP contribution in [0.3, 0.4) is 0 Å². The molecule has 1 aliphatic rings. The van der Waals surface area contributed by atoms with Crippen LogP contribution in [0, 0.1) is 0 Å². The molecular formula is C13H20O5. The van der Waals surface area contributed by atoms with Gasteiger partial charge >= 0.3 is 11.9 Å². The van der Waals surface area contributed by atoms with Gasteiger partial charge in [-0.2, -0.15) is 0 Å². The second-order valence-electron chi connectivity index (χ2n) is 4.37. The zero-order valence-electron chi connectivity index (χ0n) is 10.8. The molecule has 0 N–H and O–H groups in total. The molecule has 0 aromatic carbocycles. The Labute approximate surface area is 107 Å². The van der Waals surface area contributed by atoms with E-state index in [0.29, 0.717) is 31.8 Å². The smallest absolute Gasteiger partial charge is 0.333 e. The van der Waals surface area contributed by atoms with Gasteiger partial charge in [-0.05, 0) is 26.2 Å². The summed E-state index contributed by atoms with van der Waals surface area (Å²) in [6.45, 7) is 6.54. The van der Waals surface area contributed by atoms with E-state index >= 15 is 0 Å². The van der Waals surface area contributed by atoms with Crippen molar-refractivity contribution in [3.63, 3.8) is 0 Å². The van der Waals surface area contributed by atoms with Crippen molar-refractivity contribution in [1.29, 1.82) is 0 Å². The van der Waals surface area contributed by atoms with E-state index in [4.69, 9.17) is 14.2 Å². The standard InChI is InChI=1S/C13H20O5/c1-10(2)13(15)16-7-5-3-4-6-12(14)18-9-11-8-17-11/h11H,1,3-9H2,2H3. The third kappa shape index (κ3) is 7.06. The van der Waals surface area contributed by atoms with Crippen LogP contribution in [0.2, 0.25) is 0 Å². The van der Waals surface area contributed by atoms with Crippen LogP contribution < -0.4 is 0 Å². The number of hydrogen-bond donors (Lipinski definition) is 0. The summed E-state index contributed by atoms with van der Waals surface area (Å²) in [7, 11) is 0. The number of hydrogen-bond acceptors (Lipinski definition) is 5. The molecule has 0 amide bonds. The molecular weight excluding hydrogens is 236 g/mol. The van der Waals surface area contributed by atoms with Crippen molar-refractivity contribution in [3.05, 3.63) is 12.2 Å². The van der Waals surface area contributed by atoms with Crippen LogP contribution in [0.4, 0.5) is 0 Å².